The topological polar surface area (TPSA) is 23.0 Å². The summed E-state index contributed by atoms with van der Waals surface area (Å²) in [5, 5.41) is 17.1. The minimum Gasteiger partial charge on any atom is -0.456 e. The van der Waals surface area contributed by atoms with E-state index in [4.69, 9.17) is 4.42 Å². The number of benzene rings is 12. The van der Waals surface area contributed by atoms with Gasteiger partial charge in [0.05, 0.1) is 33.4 Å². The van der Waals surface area contributed by atoms with Gasteiger partial charge in [0.25, 0.3) is 0 Å². The average Bonchev–Trinajstić information content (AvgIpc) is 1.94. The molecule has 0 amide bonds. The SMILES string of the molecule is CC(C)(C)c1ccc2c(c1)c1cc(C(C)(C)C)ccc1n2-c1c2ccccc2c(-c2ccc3c(c2)oc2ccc(-c4c5ccccc5c(-n5c6ccc(C(C)(C)C)cc6c6cc(C(C)(C)C)ccc65)c5ccccc45)cc23)c2ccccc12. The van der Waals surface area contributed by atoms with Crippen LogP contribution in [0.3, 0.4) is 0 Å². The van der Waals surface area contributed by atoms with E-state index in [1.807, 2.05) is 0 Å². The fourth-order valence-electron chi connectivity index (χ4n) is 13.8. The zero-order valence-electron chi connectivity index (χ0n) is 49.9. The Bertz CT molecular complexity index is 4980. The zero-order chi connectivity index (χ0) is 57.2. The summed E-state index contributed by atoms with van der Waals surface area (Å²) in [5.74, 6) is 0. The van der Waals surface area contributed by atoms with Crippen LogP contribution in [0, 0.1) is 0 Å². The summed E-state index contributed by atoms with van der Waals surface area (Å²) in [5.41, 5.74) is 19.2. The van der Waals surface area contributed by atoms with E-state index in [1.54, 1.807) is 0 Å². The van der Waals surface area contributed by atoms with Crippen molar-refractivity contribution in [2.24, 2.45) is 0 Å². The molecule has 3 heterocycles. The maximum atomic E-state index is 6.95. The second-order valence-electron chi connectivity index (χ2n) is 27.8. The highest BCUT2D eigenvalue weighted by molar-refractivity contribution is 6.24. The maximum absolute atomic E-state index is 6.95. The van der Waals surface area contributed by atoms with Crippen molar-refractivity contribution in [2.45, 2.75) is 105 Å². The van der Waals surface area contributed by atoms with Crippen LogP contribution in [0.5, 0.6) is 0 Å². The number of aromatic nitrogens is 2. The fraction of sp³-hybridized carbons (Fsp3) is 0.200. The van der Waals surface area contributed by atoms with Crippen LogP contribution in [0.4, 0.5) is 0 Å². The number of rotatable bonds is 4. The first kappa shape index (κ1) is 51.0. The van der Waals surface area contributed by atoms with E-state index in [0.717, 1.165) is 33.1 Å². The van der Waals surface area contributed by atoms with Gasteiger partial charge in [-0.2, -0.15) is 0 Å². The molecule has 0 aliphatic heterocycles. The summed E-state index contributed by atoms with van der Waals surface area (Å²) in [4.78, 5) is 0. The quantitative estimate of drug-likeness (QED) is 0.161. The van der Waals surface area contributed by atoms with Gasteiger partial charge in [0.2, 0.25) is 0 Å². The van der Waals surface area contributed by atoms with E-state index >= 15 is 0 Å². The number of hydrogen-bond donors (Lipinski definition) is 0. The largest absolute Gasteiger partial charge is 0.456 e. The first-order valence-corrected chi connectivity index (χ1v) is 29.7. The lowest BCUT2D eigenvalue weighted by Gasteiger charge is -2.21. The van der Waals surface area contributed by atoms with Crippen LogP contribution in [0.1, 0.15) is 105 Å². The Morgan fingerprint density at radius 3 is 0.867 bits per heavy atom. The van der Waals surface area contributed by atoms with Crippen molar-refractivity contribution < 1.29 is 4.42 Å². The van der Waals surface area contributed by atoms with Crippen molar-refractivity contribution in [3.05, 3.63) is 229 Å². The first-order valence-electron chi connectivity index (χ1n) is 29.7. The summed E-state index contributed by atoms with van der Waals surface area (Å²) >= 11 is 0. The van der Waals surface area contributed by atoms with Crippen molar-refractivity contribution in [2.75, 3.05) is 0 Å². The lowest BCUT2D eigenvalue weighted by Crippen LogP contribution is -2.10. The van der Waals surface area contributed by atoms with E-state index < -0.39 is 0 Å². The van der Waals surface area contributed by atoms with Crippen molar-refractivity contribution >= 4 is 109 Å². The molecule has 406 valence electrons. The van der Waals surface area contributed by atoms with Crippen molar-refractivity contribution in [1.29, 1.82) is 0 Å². The van der Waals surface area contributed by atoms with E-state index in [0.29, 0.717) is 0 Å². The summed E-state index contributed by atoms with van der Waals surface area (Å²) in [6.07, 6.45) is 0. The Hall–Kier alpha value is -8.92. The van der Waals surface area contributed by atoms with Crippen LogP contribution in [0.25, 0.3) is 142 Å². The molecule has 0 aliphatic rings. The average molecular weight is 1080 g/mol. The van der Waals surface area contributed by atoms with Crippen molar-refractivity contribution in [3.63, 3.8) is 0 Å². The summed E-state index contributed by atoms with van der Waals surface area (Å²) in [6.45, 7) is 27.8. The number of nitrogens with zero attached hydrogens (tertiary/aromatic N) is 2. The van der Waals surface area contributed by atoms with Gasteiger partial charge in [-0.15, -0.1) is 0 Å². The Morgan fingerprint density at radius 1 is 0.241 bits per heavy atom. The molecule has 0 fully saturated rings. The van der Waals surface area contributed by atoms with Gasteiger partial charge in [-0.3, -0.25) is 0 Å². The third-order valence-corrected chi connectivity index (χ3v) is 18.3. The molecule has 15 rings (SSSR count). The molecule has 0 N–H and O–H groups in total. The lowest BCUT2D eigenvalue weighted by atomic mass is 9.85. The molecular weight excluding hydrogens is 1000 g/mol. The van der Waals surface area contributed by atoms with E-state index in [9.17, 15) is 0 Å². The Morgan fingerprint density at radius 2 is 0.542 bits per heavy atom. The van der Waals surface area contributed by atoms with Gasteiger partial charge in [0.15, 0.2) is 0 Å². The van der Waals surface area contributed by atoms with Crippen LogP contribution in [0.2, 0.25) is 0 Å². The van der Waals surface area contributed by atoms with E-state index in [-0.39, 0.29) is 21.7 Å². The van der Waals surface area contributed by atoms with E-state index in [1.165, 1.54) is 131 Å². The first-order chi connectivity index (χ1) is 39.7. The normalized spacial score (nSPS) is 13.1. The Labute approximate surface area is 486 Å². The Balaban J connectivity index is 0.911. The van der Waals surface area contributed by atoms with Crippen LogP contribution < -0.4 is 0 Å². The molecule has 0 bridgehead atoms. The van der Waals surface area contributed by atoms with E-state index in [2.05, 4.69) is 298 Å². The van der Waals surface area contributed by atoms with Gasteiger partial charge in [0.1, 0.15) is 11.2 Å². The smallest absolute Gasteiger partial charge is 0.136 e. The molecule has 15 aromatic rings. The molecule has 3 heteroatoms. The van der Waals surface area contributed by atoms with Gasteiger partial charge in [-0.1, -0.05) is 217 Å². The molecule has 0 saturated heterocycles. The van der Waals surface area contributed by atoms with Gasteiger partial charge in [-0.25, -0.2) is 0 Å². The highest BCUT2D eigenvalue weighted by atomic mass is 16.3. The van der Waals surface area contributed by atoms with Crippen LogP contribution in [-0.4, -0.2) is 9.13 Å². The molecule has 0 saturated carbocycles. The number of furan rings is 1. The van der Waals surface area contributed by atoms with Gasteiger partial charge < -0.3 is 13.6 Å². The van der Waals surface area contributed by atoms with Crippen LogP contribution in [-0.2, 0) is 21.7 Å². The minimum atomic E-state index is 0.00978. The molecule has 0 radical (unpaired) electrons. The van der Waals surface area contributed by atoms with Crippen LogP contribution >= 0.6 is 0 Å². The zero-order valence-corrected chi connectivity index (χ0v) is 49.9. The molecular formula is C80H70N2O. The van der Waals surface area contributed by atoms with Crippen molar-refractivity contribution in [3.8, 4) is 33.6 Å². The lowest BCUT2D eigenvalue weighted by molar-refractivity contribution is 0.590. The highest BCUT2D eigenvalue weighted by Gasteiger charge is 2.27. The maximum Gasteiger partial charge on any atom is 0.136 e. The minimum absolute atomic E-state index is 0.00978. The monoisotopic (exact) mass is 1070 g/mol. The summed E-state index contributed by atoms with van der Waals surface area (Å²) < 4.78 is 12.1. The highest BCUT2D eigenvalue weighted by Crippen LogP contribution is 2.49. The summed E-state index contributed by atoms with van der Waals surface area (Å²) in [7, 11) is 0. The van der Waals surface area contributed by atoms with Gasteiger partial charge in [-0.05, 0) is 161 Å². The van der Waals surface area contributed by atoms with Crippen LogP contribution in [0.15, 0.2) is 211 Å². The summed E-state index contributed by atoms with van der Waals surface area (Å²) in [6, 6.07) is 78.5. The standard InChI is InChI=1S/C80H70N2O/c1-77(2,3)49-31-36-67-62(43-49)63-44-50(78(4,5)6)32-37-68(63)81(67)75-58-25-17-13-21-54(58)73(55-22-14-18-26-59(55)75)47-30-40-71-66(41-47)53-35-29-48(42-72(53)83-71)74-56-23-15-19-27-60(56)76(61-28-20-16-24-57(61)74)82-69-38-33-51(79(7,8)9)45-64(69)65-46-52(80(10,11)12)34-39-70(65)82/h13-46H,1-12H3. The Kier molecular flexibility index (Phi) is 10.9. The van der Waals surface area contributed by atoms with Crippen molar-refractivity contribution in [1.82, 2.24) is 9.13 Å². The number of hydrogen-bond acceptors (Lipinski definition) is 1. The third-order valence-electron chi connectivity index (χ3n) is 18.3. The molecule has 12 aromatic carbocycles. The second kappa shape index (κ2) is 17.8. The molecule has 3 nitrogen and oxygen atoms in total. The molecule has 3 aromatic heterocycles. The molecule has 0 spiro atoms. The van der Waals surface area contributed by atoms with Gasteiger partial charge >= 0.3 is 0 Å². The third kappa shape index (κ3) is 7.84. The predicted molar refractivity (Wildman–Crippen MR) is 358 cm³/mol. The molecule has 0 unspecified atom stereocenters. The molecule has 83 heavy (non-hydrogen) atoms. The molecule has 0 aliphatic carbocycles. The number of fused-ring (bicyclic) bond motifs is 13. The second-order valence-corrected chi connectivity index (χ2v) is 27.8. The fourth-order valence-corrected chi connectivity index (χ4v) is 13.8. The van der Waals surface area contributed by atoms with Gasteiger partial charge in [0, 0.05) is 53.9 Å². The predicted octanol–water partition coefficient (Wildman–Crippen LogP) is 22.9. The molecule has 0 atom stereocenters.